The van der Waals surface area contributed by atoms with Crippen molar-refractivity contribution in [2.75, 3.05) is 21.3 Å². The van der Waals surface area contributed by atoms with E-state index in [0.717, 1.165) is 29.3 Å². The molecule has 0 aromatic carbocycles. The summed E-state index contributed by atoms with van der Waals surface area (Å²) in [7, 11) is -0.469. The predicted molar refractivity (Wildman–Crippen MR) is 265 cm³/mol. The van der Waals surface area contributed by atoms with Crippen LogP contribution >= 0.6 is 0 Å². The van der Waals surface area contributed by atoms with Crippen LogP contribution < -0.4 is 0 Å². The van der Waals surface area contributed by atoms with Crippen molar-refractivity contribution in [3.05, 3.63) is 35.5 Å². The van der Waals surface area contributed by atoms with E-state index in [-0.39, 0.29) is 30.7 Å². The van der Waals surface area contributed by atoms with Crippen molar-refractivity contribution in [3.8, 4) is 0 Å². The largest absolute Gasteiger partial charge is 0.466 e. The summed E-state index contributed by atoms with van der Waals surface area (Å²) in [4.78, 5) is 53.3. The Hall–Kier alpha value is -2.75. The third-order valence-corrected chi connectivity index (χ3v) is 25.6. The number of fused-ring (bicyclic) bond motifs is 5. The fraction of sp³-hybridized carbons (Fsp3) is 0.808. The third kappa shape index (κ3) is 12.9. The number of rotatable bonds is 12. The third-order valence-electron chi connectivity index (χ3n) is 16.3. The van der Waals surface area contributed by atoms with E-state index < -0.39 is 118 Å². The molecule has 4 fully saturated rings. The van der Waals surface area contributed by atoms with Crippen LogP contribution in [-0.2, 0) is 70.7 Å². The first-order chi connectivity index (χ1) is 32.1. The van der Waals surface area contributed by atoms with Crippen molar-refractivity contribution in [1.82, 2.24) is 0 Å². The number of hydrogen-bond acceptors (Lipinski definition) is 15. The SMILES string of the molecule is CC[Si](CC)(CC)O[C@H]1CC(=O)O[C@@H]([C@@H](C)O[Si](C)(C)C(C)(C)C)C[C@@H]2C/C(=C\C(=O)OC)[C@H]3O[C@]3(O2)C(C)(C)/C=C/[C@H]2C/C(=C\C(=O)OC)C[C@@H](C[C@]3(OC)O[C@H](C1)C[C@H](OC(C)=O)C3(C)C)O2. The molecule has 0 aliphatic carbocycles. The van der Waals surface area contributed by atoms with Crippen molar-refractivity contribution >= 4 is 40.5 Å². The van der Waals surface area contributed by atoms with Gasteiger partial charge >= 0.3 is 23.9 Å². The van der Waals surface area contributed by atoms with E-state index in [0.29, 0.717) is 25.7 Å². The van der Waals surface area contributed by atoms with Crippen molar-refractivity contribution in [1.29, 1.82) is 0 Å². The van der Waals surface area contributed by atoms with Crippen molar-refractivity contribution in [2.24, 2.45) is 10.8 Å². The molecule has 5 aliphatic heterocycles. The minimum Gasteiger partial charge on any atom is -0.466 e. The molecule has 4 saturated heterocycles. The zero-order valence-electron chi connectivity index (χ0n) is 44.9. The molecule has 1 spiro atoms. The molecule has 0 unspecified atom stereocenters. The molecule has 5 rings (SSSR count). The molecule has 6 bridgehead atoms. The monoisotopic (exact) mass is 1010 g/mol. The highest BCUT2D eigenvalue weighted by atomic mass is 28.4. The maximum absolute atomic E-state index is 14.8. The summed E-state index contributed by atoms with van der Waals surface area (Å²) in [6, 6.07) is 2.54. The molecule has 5 heterocycles. The fourth-order valence-corrected chi connectivity index (χ4v) is 15.0. The second kappa shape index (κ2) is 22.2. The quantitative estimate of drug-likeness (QED) is 0.0451. The Morgan fingerprint density at radius 1 is 0.841 bits per heavy atom. The first kappa shape index (κ1) is 57.2. The summed E-state index contributed by atoms with van der Waals surface area (Å²) >= 11 is 0. The molecule has 0 aromatic rings. The first-order valence-corrected chi connectivity index (χ1v) is 30.7. The molecule has 69 heavy (non-hydrogen) atoms. The lowest BCUT2D eigenvalue weighted by Crippen LogP contribution is -2.63. The van der Waals surface area contributed by atoms with Crippen LogP contribution in [0.15, 0.2) is 35.5 Å². The van der Waals surface area contributed by atoms with Gasteiger partial charge in [0.2, 0.25) is 5.79 Å². The number of ether oxygens (including phenoxy) is 9. The van der Waals surface area contributed by atoms with Gasteiger partial charge in [-0.1, -0.05) is 87.0 Å². The van der Waals surface area contributed by atoms with Crippen LogP contribution in [0.25, 0.3) is 0 Å². The maximum Gasteiger partial charge on any atom is 0.330 e. The van der Waals surface area contributed by atoms with Crippen LogP contribution in [0.4, 0.5) is 0 Å². The highest BCUT2D eigenvalue weighted by Crippen LogP contribution is 2.60. The van der Waals surface area contributed by atoms with Crippen molar-refractivity contribution in [3.63, 3.8) is 0 Å². The number of carbonyl (C=O) groups excluding carboxylic acids is 4. The van der Waals surface area contributed by atoms with Gasteiger partial charge in [0.1, 0.15) is 18.3 Å². The zero-order chi connectivity index (χ0) is 51.5. The van der Waals surface area contributed by atoms with Crippen molar-refractivity contribution in [2.45, 2.75) is 237 Å². The van der Waals surface area contributed by atoms with Crippen LogP contribution in [-0.4, -0.2) is 128 Å². The van der Waals surface area contributed by atoms with Gasteiger partial charge < -0.3 is 51.5 Å². The number of cyclic esters (lactones) is 1. The summed E-state index contributed by atoms with van der Waals surface area (Å²) in [6.45, 7) is 28.6. The van der Waals surface area contributed by atoms with E-state index in [1.165, 1.54) is 33.3 Å². The summed E-state index contributed by atoms with van der Waals surface area (Å²) in [5.74, 6) is -4.43. The van der Waals surface area contributed by atoms with E-state index in [1.807, 2.05) is 46.8 Å². The molecular formula is C52H86O15Si2. The average Bonchev–Trinajstić information content (AvgIpc) is 4.02. The number of methoxy groups -OCH3 is 3. The van der Waals surface area contributed by atoms with Gasteiger partial charge in [0.05, 0.1) is 62.7 Å². The Balaban J connectivity index is 1.69. The van der Waals surface area contributed by atoms with E-state index in [1.54, 1.807) is 7.11 Å². The van der Waals surface area contributed by atoms with Crippen LogP contribution in [0.2, 0.25) is 36.3 Å². The van der Waals surface area contributed by atoms with Gasteiger partial charge in [-0.3, -0.25) is 9.59 Å². The summed E-state index contributed by atoms with van der Waals surface area (Å²) in [5, 5.41) is -0.132. The Bertz CT molecular complexity index is 1920. The number of carbonyl (C=O) groups is 4. The maximum atomic E-state index is 14.8. The van der Waals surface area contributed by atoms with Gasteiger partial charge in [-0.05, 0) is 74.4 Å². The van der Waals surface area contributed by atoms with Gasteiger partial charge in [0.15, 0.2) is 22.4 Å². The second-order valence-electron chi connectivity index (χ2n) is 22.7. The summed E-state index contributed by atoms with van der Waals surface area (Å²) in [6.07, 6.45) is 3.85. The lowest BCUT2D eigenvalue weighted by Gasteiger charge is -2.55. The molecular weight excluding hydrogens is 921 g/mol. The molecule has 11 atom stereocenters. The molecule has 0 saturated carbocycles. The first-order valence-electron chi connectivity index (χ1n) is 25.3. The van der Waals surface area contributed by atoms with Gasteiger partial charge in [-0.2, -0.15) is 0 Å². The molecule has 0 amide bonds. The van der Waals surface area contributed by atoms with Gasteiger partial charge in [0, 0.05) is 50.9 Å². The Morgan fingerprint density at radius 3 is 2.06 bits per heavy atom. The molecule has 0 aromatic heterocycles. The van der Waals surface area contributed by atoms with E-state index in [4.69, 9.17) is 51.5 Å². The van der Waals surface area contributed by atoms with Gasteiger partial charge in [-0.25, -0.2) is 9.59 Å². The van der Waals surface area contributed by atoms with Gasteiger partial charge in [0.25, 0.3) is 0 Å². The number of esters is 4. The Kier molecular flexibility index (Phi) is 18.4. The van der Waals surface area contributed by atoms with E-state index >= 15 is 0 Å². The van der Waals surface area contributed by atoms with Crippen LogP contribution in [0.5, 0.6) is 0 Å². The number of epoxide rings is 1. The average molecular weight is 1010 g/mol. The van der Waals surface area contributed by atoms with Gasteiger partial charge in [-0.15, -0.1) is 0 Å². The Labute approximate surface area is 414 Å². The molecule has 5 aliphatic rings. The minimum atomic E-state index is -2.40. The highest BCUT2D eigenvalue weighted by Gasteiger charge is 2.70. The molecule has 0 N–H and O–H groups in total. The fourth-order valence-electron chi connectivity index (χ4n) is 10.7. The smallest absolute Gasteiger partial charge is 0.330 e. The zero-order valence-corrected chi connectivity index (χ0v) is 46.9. The van der Waals surface area contributed by atoms with Crippen LogP contribution in [0.3, 0.4) is 0 Å². The summed E-state index contributed by atoms with van der Waals surface area (Å²) in [5.41, 5.74) is -0.165. The lowest BCUT2D eigenvalue weighted by molar-refractivity contribution is -0.358. The summed E-state index contributed by atoms with van der Waals surface area (Å²) < 4.78 is 71.5. The topological polar surface area (TPSA) is 173 Å². The normalized spacial score (nSPS) is 35.2. The Morgan fingerprint density at radius 2 is 1.48 bits per heavy atom. The van der Waals surface area contributed by atoms with E-state index in [2.05, 4.69) is 54.6 Å². The van der Waals surface area contributed by atoms with E-state index in [9.17, 15) is 19.2 Å². The predicted octanol–water partition coefficient (Wildman–Crippen LogP) is 9.58. The lowest BCUT2D eigenvalue weighted by atomic mass is 9.70. The van der Waals surface area contributed by atoms with Crippen molar-refractivity contribution < 1.29 is 70.7 Å². The number of hydrogen-bond donors (Lipinski definition) is 0. The second-order valence-corrected chi connectivity index (χ2v) is 32.2. The van der Waals surface area contributed by atoms with Crippen LogP contribution in [0.1, 0.15) is 134 Å². The molecule has 15 nitrogen and oxygen atoms in total. The minimum absolute atomic E-state index is 0.0689. The molecule has 17 heteroatoms. The van der Waals surface area contributed by atoms with Crippen LogP contribution in [0, 0.1) is 10.8 Å². The standard InChI is InChI=1S/C52H86O15Si2/c1-18-69(19-2,20-3)67-40-28-39-30-43(60-34(5)53)50(11,12)51(59-15,63-39)32-41-24-35(25-44(54)57-13)23-37(61-41)21-22-49(9,10)52-47(65-52)36(27-45(55)58-14)26-38(64-52)29-42(62-46(56)31-40)33(4)66-68(16,17)48(6,7)8/h21-22,25,27,33,37-43,47H,18-20,23-24,26,28-32H2,1-17H3/b22-21+,35-25+,36-27+/t33-,37+,38+,39-,40-,41+,42-,43+,47-,51+,52+/m1/s1. The highest BCUT2D eigenvalue weighted by molar-refractivity contribution is 6.74. The molecule has 0 radical (unpaired) electrons. The molecule has 392 valence electrons.